The highest BCUT2D eigenvalue weighted by atomic mass is 16.7. The number of aliphatic hydroxyl groups excluding tert-OH is 5. The number of unbranched alkanes of at least 4 members (excludes halogenated alkanes) is 31. The van der Waals surface area contributed by atoms with E-state index in [2.05, 4.69) is 129 Å². The number of hydrogen-bond acceptors (Lipinski definition) is 8. The molecule has 0 aromatic heterocycles. The first kappa shape index (κ1) is 78.6. The van der Waals surface area contributed by atoms with Crippen LogP contribution in [0.4, 0.5) is 0 Å². The predicted octanol–water partition coefficient (Wildman–Crippen LogP) is 19.0. The van der Waals surface area contributed by atoms with Crippen LogP contribution in [0.2, 0.25) is 0 Å². The summed E-state index contributed by atoms with van der Waals surface area (Å²) in [6.07, 6.45) is 87.1. The maximum atomic E-state index is 13.1. The first-order valence-corrected chi connectivity index (χ1v) is 34.8. The molecule has 6 N–H and O–H groups in total. The highest BCUT2D eigenvalue weighted by Gasteiger charge is 2.44. The van der Waals surface area contributed by atoms with Crippen LogP contribution in [0.3, 0.4) is 0 Å². The molecule has 9 nitrogen and oxygen atoms in total. The van der Waals surface area contributed by atoms with Crippen molar-refractivity contribution in [1.82, 2.24) is 5.32 Å². The lowest BCUT2D eigenvalue weighted by Crippen LogP contribution is -2.60. The number of allylic oxidation sites excluding steroid dienone is 19. The topological polar surface area (TPSA) is 149 Å². The van der Waals surface area contributed by atoms with Crippen LogP contribution < -0.4 is 5.32 Å². The van der Waals surface area contributed by atoms with Crippen molar-refractivity contribution in [3.05, 3.63) is 122 Å². The summed E-state index contributed by atoms with van der Waals surface area (Å²) < 4.78 is 11.3. The molecule has 1 amide bonds. The average molecular weight is 1170 g/mol. The SMILES string of the molecule is CC/C=C\C/C=C\C/C=C\C/C=C\C/C=C\C/C=C\C/C=C\C/C=C\C/C=C\CCCCCCCCCCCCCC(=O)NC(COC1OC(CO)C(O)C(O)C1O)C(O)/C=C/CCCCCCCCCCCCCCCCCCCCCC. The third-order valence-electron chi connectivity index (χ3n) is 15.8. The molecular weight excluding hydrogens is 1040 g/mol. The molecule has 7 atom stereocenters. The minimum absolute atomic E-state index is 0.182. The highest BCUT2D eigenvalue weighted by Crippen LogP contribution is 2.23. The molecule has 0 spiro atoms. The molecule has 9 heteroatoms. The van der Waals surface area contributed by atoms with E-state index in [0.29, 0.717) is 6.42 Å². The summed E-state index contributed by atoms with van der Waals surface area (Å²) in [5.41, 5.74) is 0. The first-order chi connectivity index (χ1) is 41.3. The lowest BCUT2D eigenvalue weighted by molar-refractivity contribution is -0.302. The van der Waals surface area contributed by atoms with E-state index in [4.69, 9.17) is 9.47 Å². The summed E-state index contributed by atoms with van der Waals surface area (Å²) in [6, 6.07) is -0.815. The summed E-state index contributed by atoms with van der Waals surface area (Å²) >= 11 is 0. The quantitative estimate of drug-likeness (QED) is 0.0261. The van der Waals surface area contributed by atoms with Crippen LogP contribution in [-0.2, 0) is 14.3 Å². The van der Waals surface area contributed by atoms with Crippen LogP contribution in [0.5, 0.6) is 0 Å². The van der Waals surface area contributed by atoms with Crippen LogP contribution in [-0.4, -0.2) is 87.5 Å². The van der Waals surface area contributed by atoms with E-state index in [1.54, 1.807) is 6.08 Å². The minimum Gasteiger partial charge on any atom is -0.394 e. The van der Waals surface area contributed by atoms with Crippen molar-refractivity contribution >= 4 is 5.91 Å². The molecule has 482 valence electrons. The minimum atomic E-state index is -1.57. The molecule has 1 heterocycles. The van der Waals surface area contributed by atoms with E-state index in [1.165, 1.54) is 167 Å². The fourth-order valence-electron chi connectivity index (χ4n) is 10.4. The van der Waals surface area contributed by atoms with E-state index in [1.807, 2.05) is 6.08 Å². The van der Waals surface area contributed by atoms with Gasteiger partial charge in [0, 0.05) is 6.42 Å². The smallest absolute Gasteiger partial charge is 0.220 e. The lowest BCUT2D eigenvalue weighted by atomic mass is 9.99. The summed E-state index contributed by atoms with van der Waals surface area (Å²) in [4.78, 5) is 13.1. The maximum absolute atomic E-state index is 13.1. The fourth-order valence-corrected chi connectivity index (χ4v) is 10.4. The van der Waals surface area contributed by atoms with Crippen molar-refractivity contribution < 1.29 is 39.8 Å². The van der Waals surface area contributed by atoms with Gasteiger partial charge in [0.05, 0.1) is 25.4 Å². The molecule has 7 unspecified atom stereocenters. The molecule has 84 heavy (non-hydrogen) atoms. The first-order valence-electron chi connectivity index (χ1n) is 34.8. The second-order valence-electron chi connectivity index (χ2n) is 23.6. The molecular formula is C75H129NO8. The van der Waals surface area contributed by atoms with Crippen molar-refractivity contribution in [2.45, 2.75) is 333 Å². The Bertz CT molecular complexity index is 1740. The second kappa shape index (κ2) is 62.6. The Labute approximate surface area is 516 Å². The van der Waals surface area contributed by atoms with Crippen molar-refractivity contribution in [2.75, 3.05) is 13.2 Å². The summed E-state index contributed by atoms with van der Waals surface area (Å²) in [5, 5.41) is 54.7. The van der Waals surface area contributed by atoms with E-state index < -0.39 is 49.5 Å². The molecule has 1 fully saturated rings. The lowest BCUT2D eigenvalue weighted by Gasteiger charge is -2.40. The summed E-state index contributed by atoms with van der Waals surface area (Å²) in [7, 11) is 0. The van der Waals surface area contributed by atoms with Gasteiger partial charge in [0.15, 0.2) is 6.29 Å². The molecule has 0 radical (unpaired) electrons. The largest absolute Gasteiger partial charge is 0.394 e. The summed E-state index contributed by atoms with van der Waals surface area (Å²) in [6.45, 7) is 3.68. The van der Waals surface area contributed by atoms with E-state index in [-0.39, 0.29) is 12.5 Å². The Morgan fingerprint density at radius 1 is 0.417 bits per heavy atom. The highest BCUT2D eigenvalue weighted by molar-refractivity contribution is 5.76. The zero-order chi connectivity index (χ0) is 60.7. The number of rotatable bonds is 59. The standard InChI is InChI=1S/C75H129NO8/c1-3-5-7-9-11-13-15-17-19-21-23-25-27-28-29-30-31-32-33-34-35-36-37-38-39-40-41-42-43-45-47-49-51-53-55-57-59-61-63-65-71(79)76-68(67-83-75-74(82)73(81)72(80)70(66-77)84-75)69(78)64-62-60-58-56-54-52-50-48-46-44-26-24-22-20-18-16-14-12-10-8-6-4-2/h5,7,11,13,17,19,23,25,28-29,31-32,34-35,37-38,40-41,62,64,68-70,72-75,77-78,80-82H,3-4,6,8-10,12,14-16,18,20-22,24,26-27,30,33,36,39,42-61,63,65-67H2,1-2H3,(H,76,79)/b7-5-,13-11-,19-17-,25-23-,29-28-,32-31-,35-34-,38-37-,41-40-,64-62+. The number of carbonyl (C=O) groups is 1. The normalized spacial score (nSPS) is 19.0. The van der Waals surface area contributed by atoms with Gasteiger partial charge in [-0.15, -0.1) is 0 Å². The van der Waals surface area contributed by atoms with Gasteiger partial charge in [-0.25, -0.2) is 0 Å². The Balaban J connectivity index is 2.15. The van der Waals surface area contributed by atoms with Crippen LogP contribution >= 0.6 is 0 Å². The van der Waals surface area contributed by atoms with Gasteiger partial charge in [-0.05, 0) is 89.9 Å². The molecule has 1 aliphatic rings. The molecule has 0 saturated carbocycles. The van der Waals surface area contributed by atoms with Crippen molar-refractivity contribution in [2.24, 2.45) is 0 Å². The van der Waals surface area contributed by atoms with Crippen molar-refractivity contribution in [3.63, 3.8) is 0 Å². The number of carbonyl (C=O) groups excluding carboxylic acids is 1. The van der Waals surface area contributed by atoms with E-state index in [0.717, 1.165) is 103 Å². The molecule has 1 rings (SSSR count). The van der Waals surface area contributed by atoms with Gasteiger partial charge < -0.3 is 40.3 Å². The third kappa shape index (κ3) is 50.7. The third-order valence-corrected chi connectivity index (χ3v) is 15.8. The molecule has 1 aliphatic heterocycles. The molecule has 0 aliphatic carbocycles. The number of nitrogens with one attached hydrogen (secondary N) is 1. The van der Waals surface area contributed by atoms with Crippen molar-refractivity contribution in [3.8, 4) is 0 Å². The van der Waals surface area contributed by atoms with Gasteiger partial charge in [0.25, 0.3) is 0 Å². The molecule has 1 saturated heterocycles. The second-order valence-corrected chi connectivity index (χ2v) is 23.6. The number of amides is 1. The Hall–Kier alpha value is -3.41. The maximum Gasteiger partial charge on any atom is 0.220 e. The van der Waals surface area contributed by atoms with Crippen LogP contribution in [0.25, 0.3) is 0 Å². The van der Waals surface area contributed by atoms with Gasteiger partial charge in [-0.3, -0.25) is 4.79 Å². The van der Waals surface area contributed by atoms with Gasteiger partial charge in [0.2, 0.25) is 5.91 Å². The van der Waals surface area contributed by atoms with Crippen molar-refractivity contribution in [1.29, 1.82) is 0 Å². The monoisotopic (exact) mass is 1170 g/mol. The fraction of sp³-hybridized carbons (Fsp3) is 0.720. The van der Waals surface area contributed by atoms with Crippen LogP contribution in [0, 0.1) is 0 Å². The number of ether oxygens (including phenoxy) is 2. The molecule has 0 aromatic rings. The Morgan fingerprint density at radius 3 is 1.10 bits per heavy atom. The molecule has 0 aromatic carbocycles. The summed E-state index contributed by atoms with van der Waals surface area (Å²) in [5.74, 6) is -0.182. The van der Waals surface area contributed by atoms with Crippen LogP contribution in [0.15, 0.2) is 122 Å². The van der Waals surface area contributed by atoms with E-state index in [9.17, 15) is 30.3 Å². The number of hydrogen-bond donors (Lipinski definition) is 6. The van der Waals surface area contributed by atoms with Gasteiger partial charge >= 0.3 is 0 Å². The van der Waals surface area contributed by atoms with Gasteiger partial charge in [0.1, 0.15) is 24.4 Å². The zero-order valence-corrected chi connectivity index (χ0v) is 53.9. The number of aliphatic hydroxyl groups is 5. The van der Waals surface area contributed by atoms with E-state index >= 15 is 0 Å². The molecule has 0 bridgehead atoms. The van der Waals surface area contributed by atoms with Gasteiger partial charge in [-0.2, -0.15) is 0 Å². The Morgan fingerprint density at radius 2 is 0.738 bits per heavy atom. The zero-order valence-electron chi connectivity index (χ0n) is 53.9. The Kier molecular flexibility index (Phi) is 58.6. The van der Waals surface area contributed by atoms with Gasteiger partial charge in [-0.1, -0.05) is 315 Å². The van der Waals surface area contributed by atoms with Crippen LogP contribution in [0.1, 0.15) is 290 Å². The predicted molar refractivity (Wildman–Crippen MR) is 359 cm³/mol. The average Bonchev–Trinajstić information content (AvgIpc) is 3.70.